The molecule has 0 spiro atoms. The first-order valence-corrected chi connectivity index (χ1v) is 8.49. The van der Waals surface area contributed by atoms with Crippen LogP contribution in [0.4, 0.5) is 0 Å². The number of hydrogen-bond donors (Lipinski definition) is 1. The van der Waals surface area contributed by atoms with Crippen LogP contribution in [0, 0.1) is 13.8 Å². The van der Waals surface area contributed by atoms with Gasteiger partial charge in [0.15, 0.2) is 0 Å². The first kappa shape index (κ1) is 16.5. The fourth-order valence-corrected chi connectivity index (χ4v) is 2.07. The summed E-state index contributed by atoms with van der Waals surface area (Å²) in [6.07, 6.45) is 1.35. The highest BCUT2D eigenvalue weighted by molar-refractivity contribution is 7.90. The number of carbonyl (C=O) groups is 1. The normalized spacial score (nSPS) is 11.2. The fourth-order valence-electron chi connectivity index (χ4n) is 1.60. The third-order valence-corrected chi connectivity index (χ3v) is 3.88. The second-order valence-electron chi connectivity index (χ2n) is 4.78. The highest BCUT2D eigenvalue weighted by Crippen LogP contribution is 2.20. The molecule has 1 aromatic carbocycles. The van der Waals surface area contributed by atoms with Crippen molar-refractivity contribution in [3.05, 3.63) is 29.3 Å². The lowest BCUT2D eigenvalue weighted by molar-refractivity contribution is -0.121. The van der Waals surface area contributed by atoms with Gasteiger partial charge in [-0.15, -0.1) is 0 Å². The smallest absolute Gasteiger partial charge is 0.223 e. The molecule has 0 heterocycles. The monoisotopic (exact) mass is 299 g/mol. The summed E-state index contributed by atoms with van der Waals surface area (Å²) in [4.78, 5) is 11.5. The minimum atomic E-state index is -3.04. The Morgan fingerprint density at radius 3 is 2.65 bits per heavy atom. The first-order valence-electron chi connectivity index (χ1n) is 6.43. The second-order valence-corrected chi connectivity index (χ2v) is 7.04. The van der Waals surface area contributed by atoms with E-state index in [-0.39, 0.29) is 31.2 Å². The van der Waals surface area contributed by atoms with Crippen LogP contribution in [0.15, 0.2) is 18.2 Å². The summed E-state index contributed by atoms with van der Waals surface area (Å²) >= 11 is 0. The van der Waals surface area contributed by atoms with Crippen molar-refractivity contribution in [2.75, 3.05) is 25.2 Å². The summed E-state index contributed by atoms with van der Waals surface area (Å²) in [6.45, 7) is 4.38. The summed E-state index contributed by atoms with van der Waals surface area (Å²) < 4.78 is 27.4. The van der Waals surface area contributed by atoms with Gasteiger partial charge in [-0.2, -0.15) is 0 Å². The van der Waals surface area contributed by atoms with Crippen molar-refractivity contribution in [3.63, 3.8) is 0 Å². The van der Waals surface area contributed by atoms with E-state index in [0.717, 1.165) is 23.1 Å². The van der Waals surface area contributed by atoms with Gasteiger partial charge in [0.25, 0.3) is 0 Å². The average molecular weight is 299 g/mol. The molecule has 0 saturated heterocycles. The number of sulfone groups is 1. The number of aryl methyl sites for hydroxylation is 1. The molecule has 1 rings (SSSR count). The molecule has 0 aliphatic heterocycles. The van der Waals surface area contributed by atoms with Gasteiger partial charge in [0, 0.05) is 12.8 Å². The molecular formula is C14H21NO4S. The van der Waals surface area contributed by atoms with Crippen LogP contribution in [0.2, 0.25) is 0 Å². The molecule has 0 bridgehead atoms. The molecule has 1 N–H and O–H groups in total. The number of hydrogen-bond acceptors (Lipinski definition) is 4. The number of nitrogens with one attached hydrogen (secondary N) is 1. The van der Waals surface area contributed by atoms with Gasteiger partial charge in [0.2, 0.25) is 5.91 Å². The van der Waals surface area contributed by atoms with Crippen molar-refractivity contribution in [1.82, 2.24) is 5.32 Å². The molecule has 1 amide bonds. The van der Waals surface area contributed by atoms with Crippen LogP contribution < -0.4 is 10.1 Å². The zero-order valence-corrected chi connectivity index (χ0v) is 12.9. The first-order chi connectivity index (χ1) is 9.29. The Balaban J connectivity index is 2.30. The van der Waals surface area contributed by atoms with E-state index >= 15 is 0 Å². The van der Waals surface area contributed by atoms with Gasteiger partial charge in [-0.3, -0.25) is 4.79 Å². The van der Waals surface area contributed by atoms with Crippen LogP contribution in [0.25, 0.3) is 0 Å². The number of amides is 1. The van der Waals surface area contributed by atoms with Gasteiger partial charge in [0.1, 0.15) is 15.6 Å². The lowest BCUT2D eigenvalue weighted by Crippen LogP contribution is -2.29. The summed E-state index contributed by atoms with van der Waals surface area (Å²) in [5.41, 5.74) is 2.20. The van der Waals surface area contributed by atoms with Gasteiger partial charge >= 0.3 is 0 Å². The third-order valence-electron chi connectivity index (χ3n) is 2.94. The van der Waals surface area contributed by atoms with E-state index in [9.17, 15) is 13.2 Å². The van der Waals surface area contributed by atoms with Crippen molar-refractivity contribution in [3.8, 4) is 5.75 Å². The molecular weight excluding hydrogens is 278 g/mol. The van der Waals surface area contributed by atoms with Crippen molar-refractivity contribution in [1.29, 1.82) is 0 Å². The fraction of sp³-hybridized carbons (Fsp3) is 0.500. The second kappa shape index (κ2) is 7.28. The number of rotatable bonds is 7. The summed E-state index contributed by atoms with van der Waals surface area (Å²) in [5.74, 6) is 0.518. The van der Waals surface area contributed by atoms with Gasteiger partial charge in [-0.05, 0) is 31.0 Å². The van der Waals surface area contributed by atoms with Gasteiger partial charge in [0.05, 0.1) is 18.8 Å². The predicted octanol–water partition coefficient (Wildman–Crippen LogP) is 1.23. The molecule has 1 aromatic rings. The van der Waals surface area contributed by atoms with E-state index in [4.69, 9.17) is 4.74 Å². The number of carbonyl (C=O) groups excluding carboxylic acids is 1. The van der Waals surface area contributed by atoms with Crippen LogP contribution >= 0.6 is 0 Å². The van der Waals surface area contributed by atoms with E-state index in [1.165, 1.54) is 0 Å². The lowest BCUT2D eigenvalue weighted by Gasteiger charge is -2.10. The van der Waals surface area contributed by atoms with Gasteiger partial charge < -0.3 is 10.1 Å². The maximum Gasteiger partial charge on any atom is 0.223 e. The quantitative estimate of drug-likeness (QED) is 0.822. The Morgan fingerprint density at radius 1 is 1.30 bits per heavy atom. The van der Waals surface area contributed by atoms with E-state index in [1.807, 2.05) is 32.0 Å². The average Bonchev–Trinajstić information content (AvgIpc) is 2.33. The maximum absolute atomic E-state index is 11.5. The molecule has 20 heavy (non-hydrogen) atoms. The van der Waals surface area contributed by atoms with Crippen LogP contribution in [0.3, 0.4) is 0 Å². The molecule has 0 aliphatic rings. The summed E-state index contributed by atoms with van der Waals surface area (Å²) in [7, 11) is -3.04. The topological polar surface area (TPSA) is 72.5 Å². The van der Waals surface area contributed by atoms with Crippen molar-refractivity contribution in [2.24, 2.45) is 0 Å². The van der Waals surface area contributed by atoms with Crippen LogP contribution in [0.5, 0.6) is 5.75 Å². The maximum atomic E-state index is 11.5. The summed E-state index contributed by atoms with van der Waals surface area (Å²) in [6, 6.07) is 5.77. The molecule has 5 nitrogen and oxygen atoms in total. The predicted molar refractivity (Wildman–Crippen MR) is 78.7 cm³/mol. The Labute approximate surface area is 120 Å². The molecule has 0 radical (unpaired) electrons. The van der Waals surface area contributed by atoms with E-state index in [2.05, 4.69) is 5.32 Å². The van der Waals surface area contributed by atoms with Crippen LogP contribution in [-0.2, 0) is 14.6 Å². The number of ether oxygens (including phenoxy) is 1. The molecule has 0 aliphatic carbocycles. The van der Waals surface area contributed by atoms with Crippen molar-refractivity contribution in [2.45, 2.75) is 20.3 Å². The zero-order chi connectivity index (χ0) is 15.2. The molecule has 0 aromatic heterocycles. The van der Waals surface area contributed by atoms with Crippen LogP contribution in [0.1, 0.15) is 17.5 Å². The largest absolute Gasteiger partial charge is 0.493 e. The Hall–Kier alpha value is -1.56. The van der Waals surface area contributed by atoms with Crippen molar-refractivity contribution >= 4 is 15.7 Å². The number of benzene rings is 1. The van der Waals surface area contributed by atoms with E-state index < -0.39 is 9.84 Å². The van der Waals surface area contributed by atoms with Crippen LogP contribution in [-0.4, -0.2) is 39.5 Å². The molecule has 6 heteroatoms. The highest BCUT2D eigenvalue weighted by atomic mass is 32.2. The van der Waals surface area contributed by atoms with Crippen molar-refractivity contribution < 1.29 is 17.9 Å². The Kier molecular flexibility index (Phi) is 6.01. The van der Waals surface area contributed by atoms with Gasteiger partial charge in [-0.1, -0.05) is 12.1 Å². The minimum absolute atomic E-state index is 0.0451. The summed E-state index contributed by atoms with van der Waals surface area (Å²) in [5, 5.41) is 2.55. The molecule has 0 fully saturated rings. The SMILES string of the molecule is Cc1cccc(OCCC(=O)NCCS(C)(=O)=O)c1C. The third kappa shape index (κ3) is 6.06. The highest BCUT2D eigenvalue weighted by Gasteiger charge is 2.06. The lowest BCUT2D eigenvalue weighted by atomic mass is 10.1. The Morgan fingerprint density at radius 2 is 2.00 bits per heavy atom. The minimum Gasteiger partial charge on any atom is -0.493 e. The van der Waals surface area contributed by atoms with Gasteiger partial charge in [-0.25, -0.2) is 8.42 Å². The molecule has 0 unspecified atom stereocenters. The van der Waals surface area contributed by atoms with E-state index in [0.29, 0.717) is 0 Å². The molecule has 0 saturated carbocycles. The zero-order valence-electron chi connectivity index (χ0n) is 12.1. The molecule has 112 valence electrons. The standard InChI is InChI=1S/C14H21NO4S/c1-11-5-4-6-13(12(11)2)19-9-7-14(16)15-8-10-20(3,17)18/h4-6H,7-10H2,1-3H3,(H,15,16). The molecule has 0 atom stereocenters. The Bertz CT molecular complexity index is 567. The van der Waals surface area contributed by atoms with E-state index in [1.54, 1.807) is 0 Å².